The number of pyridine rings is 1. The molecule has 3 aromatic carbocycles. The summed E-state index contributed by atoms with van der Waals surface area (Å²) in [6.45, 7) is 6.40. The molecule has 2 heterocycles. The van der Waals surface area contributed by atoms with Gasteiger partial charge in [-0.1, -0.05) is 72.8 Å². The first-order chi connectivity index (χ1) is 17.0. The Labute approximate surface area is 204 Å². The third-order valence-corrected chi connectivity index (χ3v) is 7.27. The maximum absolute atomic E-state index is 13.3. The van der Waals surface area contributed by atoms with Gasteiger partial charge in [0.25, 0.3) is 0 Å². The number of carbonyl (C=O) groups is 1. The number of hydrogen-bond donors (Lipinski definition) is 3. The van der Waals surface area contributed by atoms with Crippen molar-refractivity contribution in [1.29, 1.82) is 0 Å². The van der Waals surface area contributed by atoms with Gasteiger partial charge in [-0.05, 0) is 13.0 Å². The number of piperazine rings is 1. The number of benzene rings is 3. The number of carbonyl (C=O) groups excluding carboxylic acids is 1. The van der Waals surface area contributed by atoms with E-state index in [1.165, 1.54) is 27.0 Å². The van der Waals surface area contributed by atoms with Gasteiger partial charge < -0.3 is 24.7 Å². The van der Waals surface area contributed by atoms with Crippen LogP contribution in [0.4, 0.5) is 0 Å². The number of H-pyrrole nitrogens is 1. The summed E-state index contributed by atoms with van der Waals surface area (Å²) in [5.74, 6) is -1.28. The van der Waals surface area contributed by atoms with Gasteiger partial charge in [-0.15, -0.1) is 0 Å². The summed E-state index contributed by atoms with van der Waals surface area (Å²) in [5, 5.41) is 11.9. The van der Waals surface area contributed by atoms with Gasteiger partial charge in [0.15, 0.2) is 5.43 Å². The second-order valence-electron chi connectivity index (χ2n) is 9.41. The van der Waals surface area contributed by atoms with E-state index >= 15 is 0 Å². The van der Waals surface area contributed by atoms with Gasteiger partial charge in [0, 0.05) is 27.8 Å². The van der Waals surface area contributed by atoms with Gasteiger partial charge in [-0.2, -0.15) is 0 Å². The van der Waals surface area contributed by atoms with Crippen molar-refractivity contribution in [3.8, 4) is 0 Å². The zero-order chi connectivity index (χ0) is 24.4. The third-order valence-electron chi connectivity index (χ3n) is 7.27. The molecule has 4 aromatic rings. The number of aromatic carboxylic acids is 1. The van der Waals surface area contributed by atoms with Gasteiger partial charge in [0.2, 0.25) is 0 Å². The monoisotopic (exact) mass is 468 g/mol. The number of quaternary nitrogens is 2. The number of carboxylic acids is 1. The third kappa shape index (κ3) is 4.63. The number of aromatic amines is 1. The second-order valence-corrected chi connectivity index (χ2v) is 9.41. The molecular formula is C29H30N3O3+. The smallest absolute Gasteiger partial charge is 0.198 e. The van der Waals surface area contributed by atoms with Crippen molar-refractivity contribution in [2.24, 2.45) is 0 Å². The van der Waals surface area contributed by atoms with E-state index in [1.807, 2.05) is 6.92 Å². The number of para-hydroxylation sites is 1. The van der Waals surface area contributed by atoms with Crippen molar-refractivity contribution in [2.75, 3.05) is 26.2 Å². The van der Waals surface area contributed by atoms with E-state index in [9.17, 15) is 14.7 Å². The van der Waals surface area contributed by atoms with Crippen LogP contribution in [0, 0.1) is 6.92 Å². The number of aryl methyl sites for hydroxylation is 1. The van der Waals surface area contributed by atoms with Crippen LogP contribution in [-0.4, -0.2) is 37.1 Å². The number of fused-ring (bicyclic) bond motifs is 1. The molecule has 0 saturated carbocycles. The summed E-state index contributed by atoms with van der Waals surface area (Å²) in [4.78, 5) is 30.9. The van der Waals surface area contributed by atoms with E-state index < -0.39 is 5.97 Å². The van der Waals surface area contributed by atoms with Crippen LogP contribution < -0.4 is 20.3 Å². The number of nitrogens with one attached hydrogen (secondary N) is 3. The topological polar surface area (TPSA) is 81.9 Å². The molecule has 6 nitrogen and oxygen atoms in total. The average molecular weight is 469 g/mol. The van der Waals surface area contributed by atoms with Gasteiger partial charge in [-0.3, -0.25) is 4.79 Å². The Hall–Kier alpha value is -3.74. The van der Waals surface area contributed by atoms with E-state index in [2.05, 4.69) is 65.6 Å². The van der Waals surface area contributed by atoms with Crippen LogP contribution in [-0.2, 0) is 6.54 Å². The Morgan fingerprint density at radius 3 is 2.06 bits per heavy atom. The molecule has 0 unspecified atom stereocenters. The standard InChI is InChI=1S/C29H29N3O3/c1-20-25(28(33)23-13-8-14-24(29(34)35)26(23)30-20)19-31-15-17-32(18-16-31)27(21-9-4-2-5-10-21)22-11-6-3-7-12-22/h2-14,27H,15-19H2,1H3,(H,30,33)(H,34,35)/p+1. The number of aromatic nitrogens is 1. The van der Waals surface area contributed by atoms with Gasteiger partial charge in [0.05, 0.1) is 17.0 Å². The highest BCUT2D eigenvalue weighted by molar-refractivity contribution is 6.00. The number of hydrogen-bond acceptors (Lipinski definition) is 3. The van der Waals surface area contributed by atoms with Crippen molar-refractivity contribution in [3.63, 3.8) is 0 Å². The average Bonchev–Trinajstić information content (AvgIpc) is 2.88. The molecule has 35 heavy (non-hydrogen) atoms. The fourth-order valence-electron chi connectivity index (χ4n) is 5.45. The Balaban J connectivity index is 1.36. The van der Waals surface area contributed by atoms with Crippen LogP contribution in [0.2, 0.25) is 0 Å². The van der Waals surface area contributed by atoms with Crippen LogP contribution in [0.5, 0.6) is 0 Å². The van der Waals surface area contributed by atoms with Gasteiger partial charge in [0.1, 0.15) is 38.8 Å². The van der Waals surface area contributed by atoms with Crippen molar-refractivity contribution in [2.45, 2.75) is 19.5 Å². The van der Waals surface area contributed by atoms with E-state index in [1.54, 1.807) is 12.1 Å². The first-order valence-electron chi connectivity index (χ1n) is 12.2. The molecule has 1 fully saturated rings. The highest BCUT2D eigenvalue weighted by Gasteiger charge is 2.32. The maximum atomic E-state index is 13.3. The molecule has 5 rings (SSSR count). The molecule has 0 aliphatic carbocycles. The molecule has 0 spiro atoms. The minimum atomic E-state index is -1.28. The highest BCUT2D eigenvalue weighted by atomic mass is 16.4. The summed E-state index contributed by atoms with van der Waals surface area (Å²) in [5.41, 5.74) is 4.38. The van der Waals surface area contributed by atoms with Gasteiger partial charge in [-0.25, -0.2) is 0 Å². The quantitative estimate of drug-likeness (QED) is 0.380. The molecule has 0 amide bonds. The molecule has 0 bridgehead atoms. The summed E-state index contributed by atoms with van der Waals surface area (Å²) in [7, 11) is 0. The van der Waals surface area contributed by atoms with Crippen molar-refractivity contribution >= 4 is 16.9 Å². The summed E-state index contributed by atoms with van der Waals surface area (Å²) >= 11 is 0. The fourth-order valence-corrected chi connectivity index (χ4v) is 5.45. The van der Waals surface area contributed by atoms with Crippen LogP contribution >= 0.6 is 0 Å². The lowest BCUT2D eigenvalue weighted by Crippen LogP contribution is -3.27. The minimum absolute atomic E-state index is 0.0201. The van der Waals surface area contributed by atoms with E-state index in [0.29, 0.717) is 17.4 Å². The van der Waals surface area contributed by atoms with Crippen LogP contribution in [0.25, 0.3) is 10.9 Å². The van der Waals surface area contributed by atoms with E-state index in [4.69, 9.17) is 0 Å². The van der Waals surface area contributed by atoms with E-state index in [-0.39, 0.29) is 17.0 Å². The highest BCUT2D eigenvalue weighted by Crippen LogP contribution is 2.19. The summed E-state index contributed by atoms with van der Waals surface area (Å²) < 4.78 is 0. The lowest BCUT2D eigenvalue weighted by molar-refractivity contribution is -1.03. The molecule has 1 aliphatic heterocycles. The lowest BCUT2D eigenvalue weighted by Gasteiger charge is -2.35. The van der Waals surface area contributed by atoms with E-state index in [0.717, 1.165) is 37.4 Å². The number of carboxylic acid groups (broad SMARTS) is 1. The second kappa shape index (κ2) is 9.86. The molecule has 0 atom stereocenters. The van der Waals surface area contributed by atoms with Crippen LogP contribution in [0.1, 0.15) is 38.8 Å². The molecule has 1 saturated heterocycles. The molecule has 178 valence electrons. The predicted molar refractivity (Wildman–Crippen MR) is 133 cm³/mol. The van der Waals surface area contributed by atoms with Crippen molar-refractivity contribution in [3.05, 3.63) is 117 Å². The zero-order valence-electron chi connectivity index (χ0n) is 19.8. The van der Waals surface area contributed by atoms with Crippen molar-refractivity contribution < 1.29 is 19.7 Å². The largest absolute Gasteiger partial charge is 0.545 e. The Bertz CT molecular complexity index is 1350. The normalized spacial score (nSPS) is 18.1. The lowest BCUT2D eigenvalue weighted by atomic mass is 9.96. The molecule has 1 aliphatic rings. The molecule has 3 N–H and O–H groups in total. The summed E-state index contributed by atoms with van der Waals surface area (Å²) in [6.07, 6.45) is 0. The first kappa shape index (κ1) is 23.0. The fraction of sp³-hybridized carbons (Fsp3) is 0.241. The predicted octanol–water partition coefficient (Wildman–Crippen LogP) is 0.273. The molecule has 1 aromatic heterocycles. The molecule has 6 heteroatoms. The Morgan fingerprint density at radius 1 is 0.886 bits per heavy atom. The molecular weight excluding hydrogens is 438 g/mol. The maximum Gasteiger partial charge on any atom is 0.198 e. The van der Waals surface area contributed by atoms with Gasteiger partial charge >= 0.3 is 0 Å². The van der Waals surface area contributed by atoms with Crippen LogP contribution in [0.15, 0.2) is 83.7 Å². The summed E-state index contributed by atoms with van der Waals surface area (Å²) in [6, 6.07) is 26.4. The van der Waals surface area contributed by atoms with Crippen molar-refractivity contribution in [1.82, 2.24) is 4.98 Å². The first-order valence-corrected chi connectivity index (χ1v) is 12.2. The SMILES string of the molecule is Cc1[nH]c2c(C(=O)[O-])cccc2c(=O)c1C[NH+]1CC[NH+](C(c2ccccc2)c2ccccc2)CC1. The zero-order valence-corrected chi connectivity index (χ0v) is 19.8. The Morgan fingerprint density at radius 2 is 1.49 bits per heavy atom. The number of rotatable bonds is 6. The molecule has 0 radical (unpaired) electrons. The minimum Gasteiger partial charge on any atom is -0.545 e. The Kier molecular flexibility index (Phi) is 6.49. The van der Waals surface area contributed by atoms with Crippen LogP contribution in [0.3, 0.4) is 0 Å².